The third-order valence-electron chi connectivity index (χ3n) is 2.34. The van der Waals surface area contributed by atoms with Crippen LogP contribution in [0.25, 0.3) is 0 Å². The summed E-state index contributed by atoms with van der Waals surface area (Å²) >= 11 is 0. The lowest BCUT2D eigenvalue weighted by Gasteiger charge is -2.28. The quantitative estimate of drug-likeness (QED) is 0.499. The van der Waals surface area contributed by atoms with Crippen molar-refractivity contribution in [3.8, 4) is 0 Å². The molecule has 0 aromatic rings. The number of nitrogens with zero attached hydrogens (tertiary/aromatic N) is 1. The van der Waals surface area contributed by atoms with Crippen LogP contribution in [0, 0.1) is 0 Å². The van der Waals surface area contributed by atoms with Gasteiger partial charge >= 0.3 is 5.97 Å². The molecule has 92 valence electrons. The molecular formula is C11H19NO4. The smallest absolute Gasteiger partial charge is 0.313 e. The molecule has 1 aliphatic rings. The molecule has 16 heavy (non-hydrogen) atoms. The second-order valence-electron chi connectivity index (χ2n) is 4.09. The van der Waals surface area contributed by atoms with Crippen LogP contribution >= 0.6 is 0 Å². The first-order valence-corrected chi connectivity index (χ1v) is 5.57. The van der Waals surface area contributed by atoms with E-state index in [-0.39, 0.29) is 18.3 Å². The number of carbonyl (C=O) groups is 2. The Morgan fingerprint density at radius 1 is 1.38 bits per heavy atom. The fraction of sp³-hybridized carbons (Fsp3) is 0.818. The van der Waals surface area contributed by atoms with Crippen molar-refractivity contribution >= 4 is 11.8 Å². The van der Waals surface area contributed by atoms with Crippen LogP contribution < -0.4 is 0 Å². The van der Waals surface area contributed by atoms with Crippen LogP contribution in [0.5, 0.6) is 0 Å². The molecule has 0 saturated carbocycles. The van der Waals surface area contributed by atoms with Crippen molar-refractivity contribution in [3.05, 3.63) is 0 Å². The lowest BCUT2D eigenvalue weighted by atomic mass is 10.3. The van der Waals surface area contributed by atoms with Gasteiger partial charge in [0.2, 0.25) is 0 Å². The van der Waals surface area contributed by atoms with Crippen LogP contribution in [0.3, 0.4) is 0 Å². The minimum absolute atomic E-state index is 0.131. The molecule has 0 radical (unpaired) electrons. The largest absolute Gasteiger partial charge is 0.461 e. The fourth-order valence-electron chi connectivity index (χ4n) is 1.65. The van der Waals surface area contributed by atoms with E-state index in [9.17, 15) is 9.59 Å². The summed E-state index contributed by atoms with van der Waals surface area (Å²) in [6.45, 7) is 7.12. The Morgan fingerprint density at radius 2 is 2.00 bits per heavy atom. The van der Waals surface area contributed by atoms with Crippen molar-refractivity contribution in [2.75, 3.05) is 32.8 Å². The molecule has 1 saturated heterocycles. The maximum Gasteiger partial charge on any atom is 0.313 e. The third-order valence-corrected chi connectivity index (χ3v) is 2.34. The zero-order valence-corrected chi connectivity index (χ0v) is 9.90. The number of carbonyl (C=O) groups excluding carboxylic acids is 2. The van der Waals surface area contributed by atoms with Gasteiger partial charge in [-0.2, -0.15) is 0 Å². The van der Waals surface area contributed by atoms with E-state index in [4.69, 9.17) is 9.47 Å². The molecule has 1 unspecified atom stereocenters. The lowest BCUT2D eigenvalue weighted by molar-refractivity contribution is -0.151. The number of hydrogen-bond donors (Lipinski definition) is 0. The molecular weight excluding hydrogens is 210 g/mol. The minimum Gasteiger partial charge on any atom is -0.461 e. The molecule has 0 aromatic carbocycles. The van der Waals surface area contributed by atoms with Gasteiger partial charge in [0.05, 0.1) is 13.2 Å². The van der Waals surface area contributed by atoms with E-state index >= 15 is 0 Å². The summed E-state index contributed by atoms with van der Waals surface area (Å²) in [6, 6.07) is 0. The minimum atomic E-state index is -0.437. The molecule has 0 aromatic heterocycles. The van der Waals surface area contributed by atoms with Crippen molar-refractivity contribution < 1.29 is 19.1 Å². The summed E-state index contributed by atoms with van der Waals surface area (Å²) in [7, 11) is 0. The van der Waals surface area contributed by atoms with Gasteiger partial charge < -0.3 is 9.47 Å². The highest BCUT2D eigenvalue weighted by Crippen LogP contribution is 2.02. The molecule has 5 nitrogen and oxygen atoms in total. The van der Waals surface area contributed by atoms with Crippen molar-refractivity contribution in [2.45, 2.75) is 26.4 Å². The first-order valence-electron chi connectivity index (χ1n) is 5.57. The Morgan fingerprint density at radius 3 is 2.56 bits per heavy atom. The van der Waals surface area contributed by atoms with E-state index in [0.717, 1.165) is 26.3 Å². The molecule has 1 atom stereocenters. The van der Waals surface area contributed by atoms with Crippen LogP contribution in [-0.2, 0) is 19.1 Å². The van der Waals surface area contributed by atoms with Crippen LogP contribution in [0.1, 0.15) is 20.3 Å². The highest BCUT2D eigenvalue weighted by molar-refractivity contribution is 5.94. The summed E-state index contributed by atoms with van der Waals surface area (Å²) in [5.41, 5.74) is 0. The molecule has 0 bridgehead atoms. The zero-order chi connectivity index (χ0) is 12.0. The van der Waals surface area contributed by atoms with Crippen LogP contribution in [0.2, 0.25) is 0 Å². The van der Waals surface area contributed by atoms with E-state index in [1.165, 1.54) is 6.92 Å². The molecule has 1 fully saturated rings. The lowest BCUT2D eigenvalue weighted by Crippen LogP contribution is -2.41. The van der Waals surface area contributed by atoms with E-state index in [0.29, 0.717) is 6.54 Å². The van der Waals surface area contributed by atoms with Gasteiger partial charge in [0.15, 0.2) is 0 Å². The van der Waals surface area contributed by atoms with E-state index < -0.39 is 5.97 Å². The Kier molecular flexibility index (Phi) is 5.42. The highest BCUT2D eigenvalue weighted by Gasteiger charge is 2.17. The number of hydrogen-bond acceptors (Lipinski definition) is 5. The van der Waals surface area contributed by atoms with Gasteiger partial charge in [0, 0.05) is 19.6 Å². The van der Waals surface area contributed by atoms with Crippen LogP contribution in [0.4, 0.5) is 0 Å². The summed E-state index contributed by atoms with van der Waals surface area (Å²) in [4.78, 5) is 24.1. The fourth-order valence-corrected chi connectivity index (χ4v) is 1.65. The predicted octanol–water partition coefficient (Wildman–Crippen LogP) is 0.229. The Hall–Kier alpha value is -0.940. The van der Waals surface area contributed by atoms with E-state index in [1.54, 1.807) is 0 Å². The number of esters is 1. The van der Waals surface area contributed by atoms with Gasteiger partial charge in [0.1, 0.15) is 18.3 Å². The summed E-state index contributed by atoms with van der Waals surface area (Å²) < 4.78 is 10.3. The SMILES string of the molecule is CC(=O)CC(=O)OC(C)CN1CCOCC1. The van der Waals surface area contributed by atoms with Gasteiger partial charge in [0.25, 0.3) is 0 Å². The molecule has 0 aliphatic carbocycles. The predicted molar refractivity (Wildman–Crippen MR) is 58.1 cm³/mol. The number of rotatable bonds is 5. The first-order chi connectivity index (χ1) is 7.58. The number of morpholine rings is 1. The van der Waals surface area contributed by atoms with E-state index in [1.807, 2.05) is 6.92 Å². The number of Topliss-reactive ketones (excluding diaryl/α,β-unsaturated/α-hetero) is 1. The zero-order valence-electron chi connectivity index (χ0n) is 9.90. The van der Waals surface area contributed by atoms with Gasteiger partial charge in [-0.25, -0.2) is 0 Å². The number of ether oxygens (including phenoxy) is 2. The Balaban J connectivity index is 2.21. The molecule has 0 amide bonds. The van der Waals surface area contributed by atoms with Crippen molar-refractivity contribution in [3.63, 3.8) is 0 Å². The maximum absolute atomic E-state index is 11.2. The van der Waals surface area contributed by atoms with Crippen LogP contribution in [-0.4, -0.2) is 55.6 Å². The molecule has 0 spiro atoms. The topological polar surface area (TPSA) is 55.8 Å². The molecule has 5 heteroatoms. The first kappa shape index (κ1) is 13.1. The van der Waals surface area contributed by atoms with Gasteiger partial charge in [-0.1, -0.05) is 0 Å². The second-order valence-corrected chi connectivity index (χ2v) is 4.09. The van der Waals surface area contributed by atoms with E-state index in [2.05, 4.69) is 4.90 Å². The number of ketones is 1. The van der Waals surface area contributed by atoms with Gasteiger partial charge in [-0.15, -0.1) is 0 Å². The monoisotopic (exact) mass is 229 g/mol. The average molecular weight is 229 g/mol. The Bertz CT molecular complexity index is 248. The Labute approximate surface area is 95.7 Å². The summed E-state index contributed by atoms with van der Waals surface area (Å²) in [5, 5.41) is 0. The molecule has 1 rings (SSSR count). The molecule has 1 aliphatic heterocycles. The van der Waals surface area contributed by atoms with Gasteiger partial charge in [-0.05, 0) is 13.8 Å². The summed E-state index contributed by atoms with van der Waals surface area (Å²) in [6.07, 6.45) is -0.307. The average Bonchev–Trinajstić information content (AvgIpc) is 2.17. The summed E-state index contributed by atoms with van der Waals surface area (Å²) in [5.74, 6) is -0.600. The standard InChI is InChI=1S/C11H19NO4/c1-9(13)7-11(14)16-10(2)8-12-3-5-15-6-4-12/h10H,3-8H2,1-2H3. The van der Waals surface area contributed by atoms with Crippen molar-refractivity contribution in [1.82, 2.24) is 4.90 Å². The maximum atomic E-state index is 11.2. The normalized spacial score (nSPS) is 19.1. The molecule has 0 N–H and O–H groups in total. The molecule has 1 heterocycles. The second kappa shape index (κ2) is 6.60. The van der Waals surface area contributed by atoms with Crippen molar-refractivity contribution in [1.29, 1.82) is 0 Å². The van der Waals surface area contributed by atoms with Crippen LogP contribution in [0.15, 0.2) is 0 Å². The highest BCUT2D eigenvalue weighted by atomic mass is 16.5. The van der Waals surface area contributed by atoms with Gasteiger partial charge in [-0.3, -0.25) is 14.5 Å². The van der Waals surface area contributed by atoms with Crippen molar-refractivity contribution in [2.24, 2.45) is 0 Å². The third kappa shape index (κ3) is 5.23.